The van der Waals surface area contributed by atoms with Gasteiger partial charge in [0, 0.05) is 56.2 Å². The van der Waals surface area contributed by atoms with Crippen molar-refractivity contribution in [1.82, 2.24) is 10.6 Å². The van der Waals surface area contributed by atoms with Crippen LogP contribution < -0.4 is 21.3 Å². The fraction of sp³-hybridized carbons (Fsp3) is 0.0541. The van der Waals surface area contributed by atoms with Gasteiger partial charge in [0.15, 0.2) is 0 Å². The predicted molar refractivity (Wildman–Crippen MR) is 200 cm³/mol. The first kappa shape index (κ1) is 37.2. The molecule has 0 aliphatic heterocycles. The zero-order chi connectivity index (χ0) is 39.1. The monoisotopic (exact) mass is 770 g/mol. The number of hydrogen-bond donors (Lipinski definition) is 8. The molecular formula is C37H30N4O11S2. The van der Waals surface area contributed by atoms with Crippen LogP contribution in [0.4, 0.5) is 27.5 Å². The molecule has 0 heterocycles. The van der Waals surface area contributed by atoms with E-state index in [9.17, 15) is 50.5 Å². The summed E-state index contributed by atoms with van der Waals surface area (Å²) in [4.78, 5) is 37.6. The number of phenolic OH excluding ortho intramolecular Hbond substituents is 2. The topological polar surface area (TPSA) is 249 Å². The van der Waals surface area contributed by atoms with Crippen LogP contribution in [0.2, 0.25) is 0 Å². The van der Waals surface area contributed by atoms with Crippen molar-refractivity contribution in [1.29, 1.82) is 0 Å². The van der Waals surface area contributed by atoms with Crippen LogP contribution in [0.3, 0.4) is 0 Å². The van der Waals surface area contributed by atoms with Gasteiger partial charge >= 0.3 is 6.03 Å². The molecule has 8 N–H and O–H groups in total. The molecule has 17 heteroatoms. The van der Waals surface area contributed by atoms with E-state index in [4.69, 9.17) is 0 Å². The first-order valence-electron chi connectivity index (χ1n) is 15.8. The Morgan fingerprint density at radius 3 is 1.20 bits per heavy atom. The molecule has 0 aliphatic rings. The second kappa shape index (κ2) is 14.1. The number of hydrogen-bond acceptors (Lipinski definition) is 11. The van der Waals surface area contributed by atoms with Crippen molar-refractivity contribution >= 4 is 82.4 Å². The average Bonchev–Trinajstić information content (AvgIpc) is 3.09. The standard InChI is InChI=1S/C37H30N4O11S2/c1-19-15-21(38-33-27-9-5-3-7-25(27)29(42)17-31(33)53(47,48)49)11-13-23(19)35(44)40-37(46)41-36(45)24-14-12-22(16-20(24)2)39-34-28-10-6-4-8-26(28)30(43)18-32(34)54(50,51)52/h3-18,38-39,42-43H,1-2H3,(H,47,48,49)(H,50,51,52)(H2,40,41,44,45,46). The second-order valence-corrected chi connectivity index (χ2v) is 14.9. The summed E-state index contributed by atoms with van der Waals surface area (Å²) in [5, 5.41) is 31.9. The minimum atomic E-state index is -4.77. The quantitative estimate of drug-likeness (QED) is 0.0628. The molecule has 4 amide bonds. The molecule has 0 radical (unpaired) electrons. The van der Waals surface area contributed by atoms with Crippen molar-refractivity contribution in [3.05, 3.63) is 119 Å². The largest absolute Gasteiger partial charge is 0.507 e. The van der Waals surface area contributed by atoms with Crippen molar-refractivity contribution < 1.29 is 50.5 Å². The maximum Gasteiger partial charge on any atom is 0.328 e. The maximum absolute atomic E-state index is 13.0. The van der Waals surface area contributed by atoms with E-state index < -0.39 is 47.9 Å². The summed E-state index contributed by atoms with van der Waals surface area (Å²) < 4.78 is 68.4. The molecule has 0 aromatic heterocycles. The lowest BCUT2D eigenvalue weighted by Crippen LogP contribution is -2.42. The van der Waals surface area contributed by atoms with Crippen LogP contribution in [-0.4, -0.2) is 54.0 Å². The lowest BCUT2D eigenvalue weighted by atomic mass is 10.1. The predicted octanol–water partition coefficient (Wildman–Crippen LogP) is 6.28. The third kappa shape index (κ3) is 7.50. The Bertz CT molecular complexity index is 2600. The fourth-order valence-electron chi connectivity index (χ4n) is 5.98. The van der Waals surface area contributed by atoms with E-state index in [1.807, 2.05) is 0 Å². The molecule has 0 saturated carbocycles. The van der Waals surface area contributed by atoms with Gasteiger partial charge in [-0.2, -0.15) is 16.8 Å². The van der Waals surface area contributed by atoms with E-state index in [1.165, 1.54) is 36.4 Å². The molecule has 276 valence electrons. The third-order valence-corrected chi connectivity index (χ3v) is 10.2. The highest BCUT2D eigenvalue weighted by Gasteiger charge is 2.24. The molecule has 54 heavy (non-hydrogen) atoms. The van der Waals surface area contributed by atoms with Crippen molar-refractivity contribution in [3.8, 4) is 11.5 Å². The van der Waals surface area contributed by atoms with Crippen LogP contribution in [0.1, 0.15) is 31.8 Å². The number of aromatic hydroxyl groups is 2. The lowest BCUT2D eigenvalue weighted by molar-refractivity contribution is 0.0944. The second-order valence-electron chi connectivity index (χ2n) is 12.1. The number of nitrogens with one attached hydrogen (secondary N) is 4. The van der Waals surface area contributed by atoms with Crippen LogP contribution in [0.5, 0.6) is 11.5 Å². The number of fused-ring (bicyclic) bond motifs is 2. The average molecular weight is 771 g/mol. The smallest absolute Gasteiger partial charge is 0.328 e. The number of urea groups is 1. The number of aryl methyl sites for hydroxylation is 2. The molecule has 6 rings (SSSR count). The van der Waals surface area contributed by atoms with Gasteiger partial charge < -0.3 is 20.8 Å². The van der Waals surface area contributed by atoms with Crippen molar-refractivity contribution in [2.45, 2.75) is 23.6 Å². The number of amides is 4. The molecule has 0 atom stereocenters. The summed E-state index contributed by atoms with van der Waals surface area (Å²) in [5.41, 5.74) is 1.39. The number of phenols is 2. The molecule has 0 spiro atoms. The summed E-state index contributed by atoms with van der Waals surface area (Å²) in [5.74, 6) is -2.43. The number of anilines is 4. The molecule has 0 unspecified atom stereocenters. The Balaban J connectivity index is 1.16. The van der Waals surface area contributed by atoms with Gasteiger partial charge in [0.2, 0.25) is 0 Å². The lowest BCUT2D eigenvalue weighted by Gasteiger charge is -2.16. The van der Waals surface area contributed by atoms with E-state index in [1.54, 1.807) is 62.4 Å². The summed E-state index contributed by atoms with van der Waals surface area (Å²) in [6.07, 6.45) is 0. The first-order chi connectivity index (χ1) is 25.4. The SMILES string of the molecule is Cc1cc(Nc2c(S(=O)(=O)O)cc(O)c3ccccc23)ccc1C(=O)NC(=O)NC(=O)c1ccc(Nc2c(S(=O)(=O)O)cc(O)c3ccccc23)cc1C. The Hall–Kier alpha value is -6.53. The minimum Gasteiger partial charge on any atom is -0.507 e. The summed E-state index contributed by atoms with van der Waals surface area (Å²) >= 11 is 0. The van der Waals surface area contributed by atoms with Gasteiger partial charge in [-0.3, -0.25) is 29.3 Å². The van der Waals surface area contributed by atoms with Crippen LogP contribution in [-0.2, 0) is 20.2 Å². The van der Waals surface area contributed by atoms with Gasteiger partial charge in [0.1, 0.15) is 21.3 Å². The highest BCUT2D eigenvalue weighted by Crippen LogP contribution is 2.40. The van der Waals surface area contributed by atoms with Gasteiger partial charge in [-0.1, -0.05) is 48.5 Å². The molecule has 0 fully saturated rings. The van der Waals surface area contributed by atoms with Crippen LogP contribution >= 0.6 is 0 Å². The Morgan fingerprint density at radius 2 is 0.870 bits per heavy atom. The van der Waals surface area contributed by atoms with Crippen molar-refractivity contribution in [2.75, 3.05) is 10.6 Å². The molecule has 0 saturated heterocycles. The van der Waals surface area contributed by atoms with E-state index in [-0.39, 0.29) is 34.0 Å². The van der Waals surface area contributed by atoms with E-state index in [0.29, 0.717) is 44.0 Å². The Labute approximate surface area is 307 Å². The third-order valence-electron chi connectivity index (χ3n) is 8.46. The zero-order valence-corrected chi connectivity index (χ0v) is 29.8. The molecule has 6 aromatic rings. The zero-order valence-electron chi connectivity index (χ0n) is 28.2. The number of carbonyl (C=O) groups is 3. The first-order valence-corrected chi connectivity index (χ1v) is 18.7. The fourth-order valence-corrected chi connectivity index (χ4v) is 7.34. The van der Waals surface area contributed by atoms with Crippen LogP contribution in [0, 0.1) is 13.8 Å². The normalized spacial score (nSPS) is 11.6. The number of imide groups is 2. The van der Waals surface area contributed by atoms with Gasteiger partial charge in [-0.15, -0.1) is 0 Å². The number of benzene rings is 6. The van der Waals surface area contributed by atoms with Gasteiger partial charge in [0.25, 0.3) is 32.1 Å². The Morgan fingerprint density at radius 1 is 0.519 bits per heavy atom. The Kier molecular flexibility index (Phi) is 9.74. The minimum absolute atomic E-state index is 0.0174. The van der Waals surface area contributed by atoms with Crippen LogP contribution in [0.15, 0.2) is 107 Å². The van der Waals surface area contributed by atoms with Crippen LogP contribution in [0.25, 0.3) is 21.5 Å². The molecular weight excluding hydrogens is 741 g/mol. The summed E-state index contributed by atoms with van der Waals surface area (Å²) in [6, 6.07) is 22.0. The van der Waals surface area contributed by atoms with E-state index in [2.05, 4.69) is 21.3 Å². The maximum atomic E-state index is 13.0. The van der Waals surface area contributed by atoms with E-state index in [0.717, 1.165) is 12.1 Å². The van der Waals surface area contributed by atoms with Gasteiger partial charge in [-0.25, -0.2) is 4.79 Å². The van der Waals surface area contributed by atoms with Crippen molar-refractivity contribution in [2.24, 2.45) is 0 Å². The van der Waals surface area contributed by atoms with Crippen molar-refractivity contribution in [3.63, 3.8) is 0 Å². The van der Waals surface area contributed by atoms with Gasteiger partial charge in [-0.05, 0) is 61.4 Å². The summed E-state index contributed by atoms with van der Waals surface area (Å²) in [7, 11) is -9.55. The molecule has 0 bridgehead atoms. The van der Waals surface area contributed by atoms with Gasteiger partial charge in [0.05, 0.1) is 11.4 Å². The summed E-state index contributed by atoms with van der Waals surface area (Å²) in [6.45, 7) is 3.11. The van der Waals surface area contributed by atoms with E-state index >= 15 is 0 Å². The highest BCUT2D eigenvalue weighted by molar-refractivity contribution is 7.86. The molecule has 6 aromatic carbocycles. The molecule has 15 nitrogen and oxygen atoms in total. The highest BCUT2D eigenvalue weighted by atomic mass is 32.2. The number of carbonyl (C=O) groups excluding carboxylic acids is 3. The number of rotatable bonds is 8. The molecule has 0 aliphatic carbocycles.